The Balaban J connectivity index is 2.74. The predicted molar refractivity (Wildman–Crippen MR) is 51.2 cm³/mol. The Morgan fingerprint density at radius 2 is 2.33 bits per heavy atom. The summed E-state index contributed by atoms with van der Waals surface area (Å²) in [4.78, 5) is 4.20. The first kappa shape index (κ1) is 7.83. The number of ether oxygens (including phenoxy) is 1. The lowest BCUT2D eigenvalue weighted by molar-refractivity contribution is 0.413. The second-order valence-corrected chi connectivity index (χ2v) is 3.64. The van der Waals surface area contributed by atoms with Gasteiger partial charge in [-0.25, -0.2) is 4.98 Å². The average Bonchev–Trinajstić information content (AvgIpc) is 2.49. The number of rotatable bonds is 1. The minimum Gasteiger partial charge on any atom is -0.473 e. The molecule has 0 N–H and O–H groups in total. The number of fused-ring (bicyclic) bond motifs is 1. The molecule has 0 radical (unpaired) electrons. The van der Waals surface area contributed by atoms with E-state index in [-0.39, 0.29) is 0 Å². The van der Waals surface area contributed by atoms with Crippen LogP contribution in [0.5, 0.6) is 5.19 Å². The zero-order chi connectivity index (χ0) is 8.55. The van der Waals surface area contributed by atoms with Gasteiger partial charge in [0, 0.05) is 0 Å². The summed E-state index contributed by atoms with van der Waals surface area (Å²) >= 11 is 7.40. The number of halogens is 1. The van der Waals surface area contributed by atoms with E-state index in [9.17, 15) is 0 Å². The average molecular weight is 200 g/mol. The molecule has 0 amide bonds. The molecule has 62 valence electrons. The summed E-state index contributed by atoms with van der Waals surface area (Å²) < 4.78 is 5.99. The number of hydrogen-bond donors (Lipinski definition) is 0. The lowest BCUT2D eigenvalue weighted by atomic mass is 10.3. The van der Waals surface area contributed by atoms with Crippen LogP contribution in [0.3, 0.4) is 0 Å². The fourth-order valence-corrected chi connectivity index (χ4v) is 2.05. The third kappa shape index (κ3) is 1.15. The maximum Gasteiger partial charge on any atom is 0.274 e. The second kappa shape index (κ2) is 2.92. The van der Waals surface area contributed by atoms with E-state index in [4.69, 9.17) is 16.3 Å². The van der Waals surface area contributed by atoms with Crippen molar-refractivity contribution >= 4 is 33.2 Å². The van der Waals surface area contributed by atoms with Crippen LogP contribution in [0.25, 0.3) is 10.2 Å². The van der Waals surface area contributed by atoms with Crippen LogP contribution in [0.1, 0.15) is 0 Å². The topological polar surface area (TPSA) is 22.1 Å². The maximum atomic E-state index is 5.94. The first-order valence-corrected chi connectivity index (χ1v) is 4.60. The first-order valence-electron chi connectivity index (χ1n) is 3.40. The third-order valence-corrected chi connectivity index (χ3v) is 3.01. The number of benzene rings is 1. The van der Waals surface area contributed by atoms with Gasteiger partial charge in [-0.3, -0.25) is 0 Å². The Morgan fingerprint density at radius 3 is 3.00 bits per heavy atom. The highest BCUT2D eigenvalue weighted by Crippen LogP contribution is 2.32. The first-order chi connectivity index (χ1) is 5.81. The van der Waals surface area contributed by atoms with Crippen LogP contribution in [0.4, 0.5) is 0 Å². The van der Waals surface area contributed by atoms with Crippen molar-refractivity contribution in [1.82, 2.24) is 4.98 Å². The third-order valence-electron chi connectivity index (χ3n) is 1.52. The molecule has 12 heavy (non-hydrogen) atoms. The van der Waals surface area contributed by atoms with Crippen LogP contribution in [-0.4, -0.2) is 12.1 Å². The van der Waals surface area contributed by atoms with E-state index >= 15 is 0 Å². The number of nitrogens with zero attached hydrogens (tertiary/aromatic N) is 1. The van der Waals surface area contributed by atoms with Gasteiger partial charge in [0.1, 0.15) is 0 Å². The van der Waals surface area contributed by atoms with Gasteiger partial charge in [0.2, 0.25) is 0 Å². The molecule has 2 rings (SSSR count). The number of aromatic nitrogens is 1. The molecule has 0 atom stereocenters. The van der Waals surface area contributed by atoms with Gasteiger partial charge in [0.05, 0.1) is 22.3 Å². The van der Waals surface area contributed by atoms with Crippen LogP contribution in [0, 0.1) is 0 Å². The van der Waals surface area contributed by atoms with E-state index in [0.29, 0.717) is 5.19 Å². The second-order valence-electron chi connectivity index (χ2n) is 2.27. The van der Waals surface area contributed by atoms with Crippen molar-refractivity contribution in [3.8, 4) is 5.19 Å². The van der Waals surface area contributed by atoms with Crippen LogP contribution in [0.2, 0.25) is 5.02 Å². The molecule has 0 aliphatic rings. The van der Waals surface area contributed by atoms with Crippen molar-refractivity contribution in [2.24, 2.45) is 0 Å². The van der Waals surface area contributed by atoms with E-state index < -0.39 is 0 Å². The van der Waals surface area contributed by atoms with E-state index in [1.54, 1.807) is 7.11 Å². The zero-order valence-corrected chi connectivity index (χ0v) is 7.95. The molecule has 0 saturated carbocycles. The molecule has 0 spiro atoms. The summed E-state index contributed by atoms with van der Waals surface area (Å²) in [6, 6.07) is 5.64. The van der Waals surface area contributed by atoms with Gasteiger partial charge >= 0.3 is 0 Å². The fourth-order valence-electron chi connectivity index (χ4n) is 0.982. The summed E-state index contributed by atoms with van der Waals surface area (Å²) in [6.07, 6.45) is 0. The van der Waals surface area contributed by atoms with Gasteiger partial charge in [-0.1, -0.05) is 29.0 Å². The van der Waals surface area contributed by atoms with Crippen molar-refractivity contribution in [2.75, 3.05) is 7.11 Å². The number of hydrogen-bond acceptors (Lipinski definition) is 3. The van der Waals surface area contributed by atoms with Crippen molar-refractivity contribution < 1.29 is 4.74 Å². The van der Waals surface area contributed by atoms with Gasteiger partial charge in [0.15, 0.2) is 0 Å². The van der Waals surface area contributed by atoms with E-state index in [1.807, 2.05) is 18.2 Å². The molecular formula is C8H6ClNOS. The van der Waals surface area contributed by atoms with Crippen LogP contribution in [-0.2, 0) is 0 Å². The predicted octanol–water partition coefficient (Wildman–Crippen LogP) is 2.96. The highest BCUT2D eigenvalue weighted by atomic mass is 35.5. The SMILES string of the molecule is COc1nc2cccc(Cl)c2s1. The summed E-state index contributed by atoms with van der Waals surface area (Å²) in [7, 11) is 1.60. The van der Waals surface area contributed by atoms with E-state index in [2.05, 4.69) is 4.98 Å². The van der Waals surface area contributed by atoms with Crippen molar-refractivity contribution in [2.45, 2.75) is 0 Å². The van der Waals surface area contributed by atoms with Crippen molar-refractivity contribution in [1.29, 1.82) is 0 Å². The van der Waals surface area contributed by atoms with Gasteiger partial charge in [-0.15, -0.1) is 0 Å². The lowest BCUT2D eigenvalue weighted by Gasteiger charge is -1.87. The summed E-state index contributed by atoms with van der Waals surface area (Å²) in [5.41, 5.74) is 0.893. The Bertz CT molecular complexity index is 412. The molecular weight excluding hydrogens is 194 g/mol. The molecule has 2 nitrogen and oxygen atoms in total. The summed E-state index contributed by atoms with van der Waals surface area (Å²) in [5.74, 6) is 0. The van der Waals surface area contributed by atoms with E-state index in [1.165, 1.54) is 11.3 Å². The molecule has 0 aliphatic carbocycles. The standard InChI is InChI=1S/C8H6ClNOS/c1-11-8-10-6-4-2-3-5(9)7(6)12-8/h2-4H,1H3. The van der Waals surface area contributed by atoms with Gasteiger partial charge in [0.25, 0.3) is 5.19 Å². The molecule has 1 aromatic carbocycles. The molecule has 1 heterocycles. The lowest BCUT2D eigenvalue weighted by Crippen LogP contribution is -1.77. The van der Waals surface area contributed by atoms with Crippen LogP contribution < -0.4 is 4.74 Å². The summed E-state index contributed by atoms with van der Waals surface area (Å²) in [6.45, 7) is 0. The van der Waals surface area contributed by atoms with Crippen molar-refractivity contribution in [3.05, 3.63) is 23.2 Å². The van der Waals surface area contributed by atoms with Gasteiger partial charge in [-0.05, 0) is 12.1 Å². The molecule has 2 aromatic rings. The zero-order valence-electron chi connectivity index (χ0n) is 6.37. The molecule has 1 aromatic heterocycles. The molecule has 4 heteroatoms. The highest BCUT2D eigenvalue weighted by molar-refractivity contribution is 7.20. The highest BCUT2D eigenvalue weighted by Gasteiger charge is 2.05. The Kier molecular flexibility index (Phi) is 1.90. The van der Waals surface area contributed by atoms with E-state index in [0.717, 1.165) is 15.2 Å². The molecule has 0 aliphatic heterocycles. The Hall–Kier alpha value is -0.800. The molecule has 0 bridgehead atoms. The van der Waals surface area contributed by atoms with Crippen LogP contribution >= 0.6 is 22.9 Å². The normalized spacial score (nSPS) is 10.5. The van der Waals surface area contributed by atoms with Crippen molar-refractivity contribution in [3.63, 3.8) is 0 Å². The van der Waals surface area contributed by atoms with Gasteiger partial charge < -0.3 is 4.74 Å². The summed E-state index contributed by atoms with van der Waals surface area (Å²) in [5, 5.41) is 1.38. The van der Waals surface area contributed by atoms with Crippen LogP contribution in [0.15, 0.2) is 18.2 Å². The number of methoxy groups -OCH3 is 1. The maximum absolute atomic E-state index is 5.94. The molecule has 0 unspecified atom stereocenters. The molecule has 0 saturated heterocycles. The minimum absolute atomic E-state index is 0.651. The largest absolute Gasteiger partial charge is 0.473 e. The minimum atomic E-state index is 0.651. The monoisotopic (exact) mass is 199 g/mol. The Morgan fingerprint density at radius 1 is 1.50 bits per heavy atom. The quantitative estimate of drug-likeness (QED) is 0.705. The fraction of sp³-hybridized carbons (Fsp3) is 0.125. The Labute approximate surface area is 78.8 Å². The number of thiazole rings is 1. The smallest absolute Gasteiger partial charge is 0.274 e. The van der Waals surface area contributed by atoms with Gasteiger partial charge in [-0.2, -0.15) is 0 Å². The molecule has 0 fully saturated rings.